The standard InChI is InChI=1S/C28H36N4O4/c1-35-23-8-7-22-17-24(28(34)29-10-9-21-5-3-2-4-6-21)26-19-30(11-12-32(26)25(22)18-23)20-27(33)31-13-15-36-16-14-31/h2-8,18,24,26H,9-17,19-20H2,1H3,(H,29,34). The number of morpholine rings is 1. The van der Waals surface area contributed by atoms with Crippen molar-refractivity contribution in [3.05, 3.63) is 59.7 Å². The SMILES string of the molecule is COc1ccc2c(c1)N1CCN(CC(=O)N3CCOCC3)CC1C(C(=O)NCCc1ccccc1)C2. The lowest BCUT2D eigenvalue weighted by Crippen LogP contribution is -2.62. The Balaban J connectivity index is 1.29. The number of fused-ring (bicyclic) bond motifs is 3. The molecule has 0 saturated carbocycles. The van der Waals surface area contributed by atoms with Crippen LogP contribution in [0.25, 0.3) is 0 Å². The van der Waals surface area contributed by atoms with Gasteiger partial charge in [-0.05, 0) is 30.0 Å². The summed E-state index contributed by atoms with van der Waals surface area (Å²) in [5, 5.41) is 3.20. The van der Waals surface area contributed by atoms with Crippen molar-refractivity contribution in [3.63, 3.8) is 0 Å². The van der Waals surface area contributed by atoms with Gasteiger partial charge in [0.05, 0.1) is 38.8 Å². The minimum Gasteiger partial charge on any atom is -0.497 e. The van der Waals surface area contributed by atoms with Crippen molar-refractivity contribution in [2.45, 2.75) is 18.9 Å². The molecule has 8 nitrogen and oxygen atoms in total. The van der Waals surface area contributed by atoms with Gasteiger partial charge in [0.15, 0.2) is 0 Å². The first-order valence-electron chi connectivity index (χ1n) is 13.0. The molecule has 2 atom stereocenters. The van der Waals surface area contributed by atoms with Crippen LogP contribution >= 0.6 is 0 Å². The Morgan fingerprint density at radius 2 is 1.86 bits per heavy atom. The molecule has 0 aromatic heterocycles. The number of carbonyl (C=O) groups is 2. The van der Waals surface area contributed by atoms with E-state index in [1.807, 2.05) is 29.2 Å². The third-order valence-electron chi connectivity index (χ3n) is 7.62. The summed E-state index contributed by atoms with van der Waals surface area (Å²) >= 11 is 0. The maximum Gasteiger partial charge on any atom is 0.236 e. The molecule has 0 aliphatic carbocycles. The van der Waals surface area contributed by atoms with Gasteiger partial charge in [-0.2, -0.15) is 0 Å². The fourth-order valence-corrected chi connectivity index (χ4v) is 5.62. The molecule has 8 heteroatoms. The normalized spacial score (nSPS) is 21.9. The molecule has 2 amide bonds. The van der Waals surface area contributed by atoms with E-state index in [0.717, 1.165) is 30.9 Å². The molecular weight excluding hydrogens is 456 g/mol. The Labute approximate surface area is 213 Å². The van der Waals surface area contributed by atoms with Crippen LogP contribution in [0.2, 0.25) is 0 Å². The summed E-state index contributed by atoms with van der Waals surface area (Å²) in [7, 11) is 1.68. The lowest BCUT2D eigenvalue weighted by molar-refractivity contribution is -0.136. The molecule has 2 unspecified atom stereocenters. The Morgan fingerprint density at radius 3 is 2.64 bits per heavy atom. The molecular formula is C28H36N4O4. The molecule has 3 aliphatic rings. The van der Waals surface area contributed by atoms with Crippen molar-refractivity contribution in [2.24, 2.45) is 5.92 Å². The van der Waals surface area contributed by atoms with E-state index in [1.165, 1.54) is 11.1 Å². The molecule has 3 heterocycles. The Kier molecular flexibility index (Phi) is 7.72. The van der Waals surface area contributed by atoms with Crippen LogP contribution < -0.4 is 15.0 Å². The van der Waals surface area contributed by atoms with Crippen LogP contribution in [0.1, 0.15) is 11.1 Å². The van der Waals surface area contributed by atoms with Crippen LogP contribution in [0.15, 0.2) is 48.5 Å². The minimum absolute atomic E-state index is 0.00701. The number of ether oxygens (including phenoxy) is 2. The van der Waals surface area contributed by atoms with E-state index in [9.17, 15) is 9.59 Å². The Hall–Kier alpha value is -3.10. The molecule has 2 aromatic carbocycles. The van der Waals surface area contributed by atoms with Gasteiger partial charge in [-0.15, -0.1) is 0 Å². The Morgan fingerprint density at radius 1 is 1.06 bits per heavy atom. The topological polar surface area (TPSA) is 74.3 Å². The fraction of sp³-hybridized carbons (Fsp3) is 0.500. The van der Waals surface area contributed by atoms with Gasteiger partial charge >= 0.3 is 0 Å². The first kappa shape index (κ1) is 24.6. The van der Waals surface area contributed by atoms with Crippen LogP contribution in [0, 0.1) is 5.92 Å². The molecule has 2 aromatic rings. The summed E-state index contributed by atoms with van der Waals surface area (Å²) in [6.45, 7) is 5.75. The van der Waals surface area contributed by atoms with Gasteiger partial charge in [0.1, 0.15) is 5.75 Å². The molecule has 2 fully saturated rings. The molecule has 0 radical (unpaired) electrons. The van der Waals surface area contributed by atoms with E-state index in [2.05, 4.69) is 39.4 Å². The summed E-state index contributed by atoms with van der Waals surface area (Å²) in [6, 6.07) is 16.4. The van der Waals surface area contributed by atoms with Gasteiger partial charge in [0.25, 0.3) is 0 Å². The van der Waals surface area contributed by atoms with Gasteiger partial charge in [0.2, 0.25) is 11.8 Å². The number of carbonyl (C=O) groups excluding carboxylic acids is 2. The van der Waals surface area contributed by atoms with E-state index >= 15 is 0 Å². The highest BCUT2D eigenvalue weighted by Gasteiger charge is 2.42. The van der Waals surface area contributed by atoms with Crippen molar-refractivity contribution >= 4 is 17.5 Å². The molecule has 0 spiro atoms. The average molecular weight is 493 g/mol. The van der Waals surface area contributed by atoms with Crippen molar-refractivity contribution in [1.82, 2.24) is 15.1 Å². The van der Waals surface area contributed by atoms with Gasteiger partial charge in [-0.3, -0.25) is 14.5 Å². The second-order valence-corrected chi connectivity index (χ2v) is 9.82. The second-order valence-electron chi connectivity index (χ2n) is 9.82. The summed E-state index contributed by atoms with van der Waals surface area (Å²) in [5.74, 6) is 0.878. The largest absolute Gasteiger partial charge is 0.497 e. The van der Waals surface area contributed by atoms with E-state index in [1.54, 1.807) is 7.11 Å². The zero-order valence-corrected chi connectivity index (χ0v) is 21.0. The fourth-order valence-electron chi connectivity index (χ4n) is 5.62. The molecule has 2 saturated heterocycles. The minimum atomic E-state index is -0.178. The third-order valence-corrected chi connectivity index (χ3v) is 7.62. The lowest BCUT2D eigenvalue weighted by Gasteiger charge is -2.49. The summed E-state index contributed by atoms with van der Waals surface area (Å²) < 4.78 is 10.9. The average Bonchev–Trinajstić information content (AvgIpc) is 2.93. The van der Waals surface area contributed by atoms with Crippen LogP contribution in [0.3, 0.4) is 0 Å². The molecule has 3 aliphatic heterocycles. The quantitative estimate of drug-likeness (QED) is 0.633. The number of anilines is 1. The number of hydrogen-bond acceptors (Lipinski definition) is 6. The summed E-state index contributed by atoms with van der Waals surface area (Å²) in [6.07, 6.45) is 1.49. The number of benzene rings is 2. The smallest absolute Gasteiger partial charge is 0.236 e. The zero-order valence-electron chi connectivity index (χ0n) is 21.0. The van der Waals surface area contributed by atoms with Gasteiger partial charge in [0, 0.05) is 51.0 Å². The number of methoxy groups -OCH3 is 1. The number of nitrogens with zero attached hydrogens (tertiary/aromatic N) is 3. The predicted octanol–water partition coefficient (Wildman–Crippen LogP) is 1.58. The van der Waals surface area contributed by atoms with E-state index in [0.29, 0.717) is 52.4 Å². The number of nitrogens with one attached hydrogen (secondary N) is 1. The highest BCUT2D eigenvalue weighted by atomic mass is 16.5. The molecule has 0 bridgehead atoms. The monoisotopic (exact) mass is 492 g/mol. The highest BCUT2D eigenvalue weighted by Crippen LogP contribution is 2.38. The van der Waals surface area contributed by atoms with Gasteiger partial charge in [-0.25, -0.2) is 0 Å². The third kappa shape index (κ3) is 5.50. The lowest BCUT2D eigenvalue weighted by atomic mass is 9.83. The molecule has 1 N–H and O–H groups in total. The highest BCUT2D eigenvalue weighted by molar-refractivity contribution is 5.82. The van der Waals surface area contributed by atoms with Crippen molar-refractivity contribution in [2.75, 3.05) is 71.0 Å². The number of hydrogen-bond donors (Lipinski definition) is 1. The van der Waals surface area contributed by atoms with Crippen LogP contribution in [0.5, 0.6) is 5.75 Å². The maximum atomic E-state index is 13.5. The van der Waals surface area contributed by atoms with E-state index < -0.39 is 0 Å². The number of amides is 2. The summed E-state index contributed by atoms with van der Waals surface area (Å²) in [4.78, 5) is 32.9. The first-order valence-corrected chi connectivity index (χ1v) is 13.0. The van der Waals surface area contributed by atoms with Crippen LogP contribution in [-0.2, 0) is 27.2 Å². The molecule has 192 valence electrons. The van der Waals surface area contributed by atoms with E-state index in [4.69, 9.17) is 9.47 Å². The van der Waals surface area contributed by atoms with Crippen molar-refractivity contribution in [3.8, 4) is 5.75 Å². The van der Waals surface area contributed by atoms with Crippen molar-refractivity contribution in [1.29, 1.82) is 0 Å². The number of piperazine rings is 1. The first-order chi connectivity index (χ1) is 17.6. The molecule has 5 rings (SSSR count). The van der Waals surface area contributed by atoms with Gasteiger partial charge < -0.3 is 24.6 Å². The summed E-state index contributed by atoms with van der Waals surface area (Å²) in [5.41, 5.74) is 3.53. The van der Waals surface area contributed by atoms with Crippen LogP contribution in [-0.4, -0.2) is 93.8 Å². The predicted molar refractivity (Wildman–Crippen MR) is 138 cm³/mol. The van der Waals surface area contributed by atoms with Crippen molar-refractivity contribution < 1.29 is 19.1 Å². The Bertz CT molecular complexity index is 1060. The van der Waals surface area contributed by atoms with Gasteiger partial charge in [-0.1, -0.05) is 36.4 Å². The zero-order chi connectivity index (χ0) is 24.9. The van der Waals surface area contributed by atoms with Crippen LogP contribution in [0.4, 0.5) is 5.69 Å². The second kappa shape index (κ2) is 11.3. The molecule has 36 heavy (non-hydrogen) atoms. The maximum absolute atomic E-state index is 13.5. The number of rotatable bonds is 7. The van der Waals surface area contributed by atoms with E-state index in [-0.39, 0.29) is 23.8 Å².